The highest BCUT2D eigenvalue weighted by molar-refractivity contribution is 7.80. The second-order valence-corrected chi connectivity index (χ2v) is 8.41. The van der Waals surface area contributed by atoms with Gasteiger partial charge in [0.05, 0.1) is 20.3 Å². The minimum absolute atomic E-state index is 0.681. The van der Waals surface area contributed by atoms with Crippen LogP contribution in [0.5, 0.6) is 5.75 Å². The molecule has 1 aliphatic carbocycles. The van der Waals surface area contributed by atoms with Gasteiger partial charge in [-0.25, -0.2) is 0 Å². The Bertz CT molecular complexity index is 689. The van der Waals surface area contributed by atoms with Gasteiger partial charge < -0.3 is 19.7 Å². The lowest BCUT2D eigenvalue weighted by Gasteiger charge is -2.32. The van der Waals surface area contributed by atoms with Crippen molar-refractivity contribution in [3.8, 4) is 5.75 Å². The fraction of sp³-hybridized carbons (Fsp3) is 0.609. The van der Waals surface area contributed by atoms with Crippen LogP contribution in [-0.4, -0.2) is 68.0 Å². The zero-order valence-corrected chi connectivity index (χ0v) is 18.7. The lowest BCUT2D eigenvalue weighted by Crippen LogP contribution is -2.42. The maximum absolute atomic E-state index is 5.83. The number of morpholine rings is 1. The van der Waals surface area contributed by atoms with Crippen molar-refractivity contribution < 1.29 is 9.47 Å². The molecule has 0 aromatic heterocycles. The molecule has 1 aromatic carbocycles. The van der Waals surface area contributed by atoms with E-state index in [4.69, 9.17) is 21.7 Å². The molecule has 1 heterocycles. The van der Waals surface area contributed by atoms with Crippen molar-refractivity contribution in [2.75, 3.05) is 58.4 Å². The lowest BCUT2D eigenvalue weighted by atomic mass is 9.94. The van der Waals surface area contributed by atoms with E-state index in [-0.39, 0.29) is 0 Å². The zero-order valence-electron chi connectivity index (χ0n) is 17.9. The standard InChI is InChI=1S/C23H35N3O2S/c1-19-17-21(9-10-22(19)27-2)24-23(29)26(18-20-7-4-3-5-8-20)12-6-11-25-13-15-28-16-14-25/h3-4,9-10,17,20H,5-8,11-16,18H2,1-2H3,(H,24,29). The summed E-state index contributed by atoms with van der Waals surface area (Å²) >= 11 is 5.83. The normalized spacial score (nSPS) is 19.7. The van der Waals surface area contributed by atoms with Crippen LogP contribution in [0.4, 0.5) is 5.69 Å². The minimum atomic E-state index is 0.681. The first kappa shape index (κ1) is 22.1. The number of rotatable bonds is 8. The summed E-state index contributed by atoms with van der Waals surface area (Å²) in [5, 5.41) is 4.29. The van der Waals surface area contributed by atoms with Gasteiger partial charge in [-0.1, -0.05) is 12.2 Å². The quantitative estimate of drug-likeness (QED) is 0.507. The highest BCUT2D eigenvalue weighted by Crippen LogP contribution is 2.23. The number of methoxy groups -OCH3 is 1. The molecule has 1 atom stereocenters. The minimum Gasteiger partial charge on any atom is -0.496 e. The first-order valence-corrected chi connectivity index (χ1v) is 11.2. The largest absolute Gasteiger partial charge is 0.496 e. The summed E-state index contributed by atoms with van der Waals surface area (Å²) in [4.78, 5) is 4.87. The third-order valence-corrected chi connectivity index (χ3v) is 6.16. The van der Waals surface area contributed by atoms with Crippen LogP contribution in [0, 0.1) is 12.8 Å². The van der Waals surface area contributed by atoms with Gasteiger partial charge in [0.2, 0.25) is 0 Å². The van der Waals surface area contributed by atoms with Crippen molar-refractivity contribution in [1.82, 2.24) is 9.80 Å². The van der Waals surface area contributed by atoms with Crippen molar-refractivity contribution in [2.24, 2.45) is 5.92 Å². The molecule has 1 aromatic rings. The number of hydrogen-bond donors (Lipinski definition) is 1. The first-order chi connectivity index (χ1) is 14.2. The van der Waals surface area contributed by atoms with Crippen molar-refractivity contribution in [3.05, 3.63) is 35.9 Å². The van der Waals surface area contributed by atoms with Crippen LogP contribution < -0.4 is 10.1 Å². The molecule has 1 unspecified atom stereocenters. The van der Waals surface area contributed by atoms with Crippen LogP contribution in [0.3, 0.4) is 0 Å². The Labute approximate surface area is 181 Å². The first-order valence-electron chi connectivity index (χ1n) is 10.8. The lowest BCUT2D eigenvalue weighted by molar-refractivity contribution is 0.0367. The van der Waals surface area contributed by atoms with Crippen LogP contribution in [0.25, 0.3) is 0 Å². The van der Waals surface area contributed by atoms with Gasteiger partial charge in [-0.15, -0.1) is 0 Å². The van der Waals surface area contributed by atoms with E-state index >= 15 is 0 Å². The smallest absolute Gasteiger partial charge is 0.173 e. The van der Waals surface area contributed by atoms with E-state index in [0.29, 0.717) is 5.92 Å². The molecule has 0 radical (unpaired) electrons. The molecule has 2 aliphatic rings. The molecular weight excluding hydrogens is 382 g/mol. The Kier molecular flexibility index (Phi) is 8.77. The highest BCUT2D eigenvalue weighted by Gasteiger charge is 2.18. The Morgan fingerprint density at radius 2 is 2.14 bits per heavy atom. The SMILES string of the molecule is COc1ccc(NC(=S)N(CCCN2CCOCC2)CC2CC=CCC2)cc1C. The van der Waals surface area contributed by atoms with Gasteiger partial charge in [-0.2, -0.15) is 0 Å². The molecule has 6 heteroatoms. The van der Waals surface area contributed by atoms with Gasteiger partial charge in [-0.3, -0.25) is 4.90 Å². The number of anilines is 1. The maximum atomic E-state index is 5.83. The van der Waals surface area contributed by atoms with Crippen molar-refractivity contribution >= 4 is 23.0 Å². The second kappa shape index (κ2) is 11.5. The van der Waals surface area contributed by atoms with E-state index in [2.05, 4.69) is 40.3 Å². The Morgan fingerprint density at radius 3 is 2.83 bits per heavy atom. The van der Waals surface area contributed by atoms with Crippen LogP contribution in [0.1, 0.15) is 31.2 Å². The van der Waals surface area contributed by atoms with E-state index in [1.807, 2.05) is 12.1 Å². The number of benzene rings is 1. The van der Waals surface area contributed by atoms with Crippen molar-refractivity contribution in [3.63, 3.8) is 0 Å². The Hall–Kier alpha value is -1.63. The Balaban J connectivity index is 1.58. The second-order valence-electron chi connectivity index (χ2n) is 8.02. The molecule has 1 saturated heterocycles. The van der Waals surface area contributed by atoms with Crippen LogP contribution >= 0.6 is 12.2 Å². The van der Waals surface area contributed by atoms with Gasteiger partial charge in [0.1, 0.15) is 5.75 Å². The Morgan fingerprint density at radius 1 is 1.31 bits per heavy atom. The fourth-order valence-electron chi connectivity index (χ4n) is 4.08. The summed E-state index contributed by atoms with van der Waals surface area (Å²) in [6.07, 6.45) is 9.33. The summed E-state index contributed by atoms with van der Waals surface area (Å²) in [5.74, 6) is 1.58. The average Bonchev–Trinajstić information content (AvgIpc) is 2.74. The molecular formula is C23H35N3O2S. The summed E-state index contributed by atoms with van der Waals surface area (Å²) in [5.41, 5.74) is 2.13. The number of aryl methyl sites for hydroxylation is 1. The summed E-state index contributed by atoms with van der Waals surface area (Å²) < 4.78 is 10.8. The predicted molar refractivity (Wildman–Crippen MR) is 124 cm³/mol. The maximum Gasteiger partial charge on any atom is 0.173 e. The van der Waals surface area contributed by atoms with E-state index in [0.717, 1.165) is 80.9 Å². The van der Waals surface area contributed by atoms with Crippen LogP contribution in [-0.2, 0) is 4.74 Å². The molecule has 3 rings (SSSR count). The van der Waals surface area contributed by atoms with E-state index < -0.39 is 0 Å². The number of ether oxygens (including phenoxy) is 2. The predicted octanol–water partition coefficient (Wildman–Crippen LogP) is 4.08. The highest BCUT2D eigenvalue weighted by atomic mass is 32.1. The molecule has 29 heavy (non-hydrogen) atoms. The van der Waals surface area contributed by atoms with Gasteiger partial charge in [-0.05, 0) is 74.5 Å². The molecule has 1 aliphatic heterocycles. The summed E-state index contributed by atoms with van der Waals surface area (Å²) in [6.45, 7) is 8.97. The van der Waals surface area contributed by atoms with Gasteiger partial charge in [0.15, 0.2) is 5.11 Å². The fourth-order valence-corrected chi connectivity index (χ4v) is 4.36. The summed E-state index contributed by atoms with van der Waals surface area (Å²) in [6, 6.07) is 6.13. The number of nitrogens with one attached hydrogen (secondary N) is 1. The molecule has 0 amide bonds. The van der Waals surface area contributed by atoms with Crippen LogP contribution in [0.2, 0.25) is 0 Å². The number of thiocarbonyl (C=S) groups is 1. The summed E-state index contributed by atoms with van der Waals surface area (Å²) in [7, 11) is 1.70. The molecule has 0 bridgehead atoms. The monoisotopic (exact) mass is 417 g/mol. The van der Waals surface area contributed by atoms with Crippen molar-refractivity contribution in [1.29, 1.82) is 0 Å². The number of nitrogens with zero attached hydrogens (tertiary/aromatic N) is 2. The van der Waals surface area contributed by atoms with Gasteiger partial charge in [0, 0.05) is 38.4 Å². The van der Waals surface area contributed by atoms with Gasteiger partial charge >= 0.3 is 0 Å². The number of allylic oxidation sites excluding steroid dienone is 2. The molecule has 0 spiro atoms. The average molecular weight is 418 g/mol. The third kappa shape index (κ3) is 6.98. The van der Waals surface area contributed by atoms with E-state index in [9.17, 15) is 0 Å². The molecule has 5 nitrogen and oxygen atoms in total. The van der Waals surface area contributed by atoms with E-state index in [1.165, 1.54) is 12.8 Å². The molecule has 1 fully saturated rings. The molecule has 1 N–H and O–H groups in total. The topological polar surface area (TPSA) is 37.0 Å². The zero-order chi connectivity index (χ0) is 20.5. The van der Waals surface area contributed by atoms with Crippen LogP contribution in [0.15, 0.2) is 30.4 Å². The molecule has 0 saturated carbocycles. The van der Waals surface area contributed by atoms with E-state index in [1.54, 1.807) is 7.11 Å². The van der Waals surface area contributed by atoms with Gasteiger partial charge in [0.25, 0.3) is 0 Å². The molecule has 160 valence electrons. The van der Waals surface area contributed by atoms with Crippen molar-refractivity contribution in [2.45, 2.75) is 32.6 Å². The third-order valence-electron chi connectivity index (χ3n) is 5.80. The number of hydrogen-bond acceptors (Lipinski definition) is 4.